The van der Waals surface area contributed by atoms with Crippen molar-refractivity contribution in [2.24, 2.45) is 0 Å². The monoisotopic (exact) mass is 339 g/mol. The minimum absolute atomic E-state index is 0.512. The summed E-state index contributed by atoms with van der Waals surface area (Å²) in [7, 11) is 2.07. The predicted octanol–water partition coefficient (Wildman–Crippen LogP) is 3.46. The topological polar surface area (TPSA) is 37.4 Å². The molecular formula is C21H29N3O. The first kappa shape index (κ1) is 17.9. The zero-order valence-electron chi connectivity index (χ0n) is 15.6. The zero-order valence-corrected chi connectivity index (χ0v) is 15.6. The van der Waals surface area contributed by atoms with E-state index in [9.17, 15) is 0 Å². The number of nitrogens with zero attached hydrogens (tertiary/aromatic N) is 2. The standard InChI is InChI=1S/C21H29N3O/c1-16-11-18(13-24-10-6-8-19(14-24)22-3)12-17(2)21(16)25-15-20-7-4-5-9-23-20/h4-5,7,9,11-12,19,22H,6,8,10,13-15H2,1-3H3. The van der Waals surface area contributed by atoms with Crippen LogP contribution in [0.3, 0.4) is 0 Å². The van der Waals surface area contributed by atoms with Gasteiger partial charge in [-0.05, 0) is 69.1 Å². The van der Waals surface area contributed by atoms with Crippen molar-refractivity contribution in [2.45, 2.75) is 45.9 Å². The van der Waals surface area contributed by atoms with Crippen LogP contribution < -0.4 is 10.1 Å². The molecule has 0 radical (unpaired) electrons. The number of likely N-dealkylation sites (N-methyl/N-ethyl adjacent to an activating group) is 1. The smallest absolute Gasteiger partial charge is 0.130 e. The van der Waals surface area contributed by atoms with Crippen molar-refractivity contribution in [3.8, 4) is 5.75 Å². The summed E-state index contributed by atoms with van der Waals surface area (Å²) in [6, 6.07) is 11.1. The highest BCUT2D eigenvalue weighted by Gasteiger charge is 2.19. The van der Waals surface area contributed by atoms with Gasteiger partial charge in [0.1, 0.15) is 12.4 Å². The van der Waals surface area contributed by atoms with Crippen LogP contribution >= 0.6 is 0 Å². The van der Waals surface area contributed by atoms with E-state index in [4.69, 9.17) is 4.74 Å². The molecule has 0 bridgehead atoms. The molecule has 2 heterocycles. The Kier molecular flexibility index (Phi) is 6.05. The Morgan fingerprint density at radius 1 is 1.24 bits per heavy atom. The van der Waals surface area contributed by atoms with Crippen molar-refractivity contribution < 1.29 is 4.74 Å². The average molecular weight is 339 g/mol. The molecule has 0 aliphatic carbocycles. The van der Waals surface area contributed by atoms with Crippen LogP contribution in [0.5, 0.6) is 5.75 Å². The molecule has 134 valence electrons. The van der Waals surface area contributed by atoms with Crippen molar-refractivity contribution >= 4 is 0 Å². The van der Waals surface area contributed by atoms with Gasteiger partial charge in [-0.15, -0.1) is 0 Å². The number of likely N-dealkylation sites (tertiary alicyclic amines) is 1. The van der Waals surface area contributed by atoms with E-state index < -0.39 is 0 Å². The lowest BCUT2D eigenvalue weighted by Gasteiger charge is -2.32. The molecule has 1 aromatic heterocycles. The van der Waals surface area contributed by atoms with Crippen LogP contribution in [0, 0.1) is 13.8 Å². The maximum absolute atomic E-state index is 6.05. The molecule has 1 unspecified atom stereocenters. The first-order valence-corrected chi connectivity index (χ1v) is 9.18. The van der Waals surface area contributed by atoms with Gasteiger partial charge < -0.3 is 10.1 Å². The van der Waals surface area contributed by atoms with Gasteiger partial charge >= 0.3 is 0 Å². The van der Waals surface area contributed by atoms with E-state index in [-0.39, 0.29) is 0 Å². The first-order valence-electron chi connectivity index (χ1n) is 9.18. The van der Waals surface area contributed by atoms with Crippen molar-refractivity contribution in [1.82, 2.24) is 15.2 Å². The number of nitrogens with one attached hydrogen (secondary N) is 1. The fraction of sp³-hybridized carbons (Fsp3) is 0.476. The Hall–Kier alpha value is -1.91. The Bertz CT molecular complexity index is 664. The quantitative estimate of drug-likeness (QED) is 0.874. The summed E-state index contributed by atoms with van der Waals surface area (Å²) in [5.41, 5.74) is 4.73. The average Bonchev–Trinajstić information content (AvgIpc) is 2.62. The predicted molar refractivity (Wildman–Crippen MR) is 102 cm³/mol. The number of ether oxygens (including phenoxy) is 1. The highest BCUT2D eigenvalue weighted by atomic mass is 16.5. The summed E-state index contributed by atoms with van der Waals surface area (Å²) >= 11 is 0. The Balaban J connectivity index is 1.65. The van der Waals surface area contributed by atoms with Crippen LogP contribution in [0.2, 0.25) is 0 Å². The summed E-state index contributed by atoms with van der Waals surface area (Å²) in [5, 5.41) is 3.42. The van der Waals surface area contributed by atoms with E-state index in [1.807, 2.05) is 18.2 Å². The minimum Gasteiger partial charge on any atom is -0.487 e. The van der Waals surface area contributed by atoms with Crippen LogP contribution in [0.15, 0.2) is 36.5 Å². The molecule has 0 saturated carbocycles. The van der Waals surface area contributed by atoms with Gasteiger partial charge in [-0.25, -0.2) is 0 Å². The zero-order chi connectivity index (χ0) is 17.6. The minimum atomic E-state index is 0.512. The molecular weight excluding hydrogens is 310 g/mol. The van der Waals surface area contributed by atoms with Gasteiger partial charge in [-0.3, -0.25) is 9.88 Å². The van der Waals surface area contributed by atoms with Gasteiger partial charge in [-0.1, -0.05) is 18.2 Å². The van der Waals surface area contributed by atoms with E-state index in [0.717, 1.165) is 24.5 Å². The van der Waals surface area contributed by atoms with E-state index in [2.05, 4.69) is 48.2 Å². The van der Waals surface area contributed by atoms with Crippen LogP contribution in [0.25, 0.3) is 0 Å². The van der Waals surface area contributed by atoms with E-state index in [1.165, 1.54) is 36.1 Å². The number of hydrogen-bond donors (Lipinski definition) is 1. The molecule has 0 amide bonds. The third-order valence-electron chi connectivity index (χ3n) is 4.93. The third kappa shape index (κ3) is 4.80. The molecule has 1 aliphatic rings. The van der Waals surface area contributed by atoms with Crippen LogP contribution in [0.1, 0.15) is 35.2 Å². The second kappa shape index (κ2) is 8.45. The molecule has 1 fully saturated rings. The summed E-state index contributed by atoms with van der Waals surface area (Å²) in [6.07, 6.45) is 4.36. The van der Waals surface area contributed by atoms with Gasteiger partial charge in [0.15, 0.2) is 0 Å². The number of aromatic nitrogens is 1. The molecule has 1 aromatic carbocycles. The summed E-state index contributed by atoms with van der Waals surface area (Å²) in [6.45, 7) is 8.12. The SMILES string of the molecule is CNC1CCCN(Cc2cc(C)c(OCc3ccccn3)c(C)c2)C1. The highest BCUT2D eigenvalue weighted by molar-refractivity contribution is 5.43. The largest absolute Gasteiger partial charge is 0.487 e. The van der Waals surface area contributed by atoms with Crippen LogP contribution in [0.4, 0.5) is 0 Å². The van der Waals surface area contributed by atoms with Gasteiger partial charge in [0.05, 0.1) is 5.69 Å². The molecule has 25 heavy (non-hydrogen) atoms. The normalized spacial score (nSPS) is 18.3. The first-order chi connectivity index (χ1) is 12.2. The number of benzene rings is 1. The fourth-order valence-electron chi connectivity index (χ4n) is 3.68. The third-order valence-corrected chi connectivity index (χ3v) is 4.93. The van der Waals surface area contributed by atoms with Gasteiger partial charge in [-0.2, -0.15) is 0 Å². The molecule has 1 N–H and O–H groups in total. The van der Waals surface area contributed by atoms with Crippen molar-refractivity contribution in [2.75, 3.05) is 20.1 Å². The number of aryl methyl sites for hydroxylation is 2. The van der Waals surface area contributed by atoms with Gasteiger partial charge in [0.25, 0.3) is 0 Å². The van der Waals surface area contributed by atoms with Crippen LogP contribution in [-0.2, 0) is 13.2 Å². The molecule has 2 aromatic rings. The lowest BCUT2D eigenvalue weighted by Crippen LogP contribution is -2.43. The second-order valence-corrected chi connectivity index (χ2v) is 7.03. The van der Waals surface area contributed by atoms with Gasteiger partial charge in [0, 0.05) is 25.3 Å². The van der Waals surface area contributed by atoms with Crippen molar-refractivity contribution in [3.05, 3.63) is 58.9 Å². The molecule has 1 saturated heterocycles. The van der Waals surface area contributed by atoms with E-state index in [0.29, 0.717) is 12.6 Å². The Labute approximate surface area is 151 Å². The molecule has 3 rings (SSSR count). The second-order valence-electron chi connectivity index (χ2n) is 7.03. The summed E-state index contributed by atoms with van der Waals surface area (Å²) in [5.74, 6) is 0.987. The number of hydrogen-bond acceptors (Lipinski definition) is 4. The molecule has 1 atom stereocenters. The van der Waals surface area contributed by atoms with Gasteiger partial charge in [0.2, 0.25) is 0 Å². The van der Waals surface area contributed by atoms with Crippen LogP contribution in [-0.4, -0.2) is 36.1 Å². The maximum atomic E-state index is 6.05. The van der Waals surface area contributed by atoms with E-state index >= 15 is 0 Å². The number of rotatable bonds is 6. The highest BCUT2D eigenvalue weighted by Crippen LogP contribution is 2.26. The fourth-order valence-corrected chi connectivity index (χ4v) is 3.68. The Morgan fingerprint density at radius 3 is 2.72 bits per heavy atom. The van der Waals surface area contributed by atoms with Crippen molar-refractivity contribution in [1.29, 1.82) is 0 Å². The van der Waals surface area contributed by atoms with Crippen molar-refractivity contribution in [3.63, 3.8) is 0 Å². The Morgan fingerprint density at radius 2 is 2.04 bits per heavy atom. The van der Waals surface area contributed by atoms with E-state index in [1.54, 1.807) is 6.20 Å². The molecule has 4 heteroatoms. The maximum Gasteiger partial charge on any atom is 0.130 e. The lowest BCUT2D eigenvalue weighted by molar-refractivity contribution is 0.188. The molecule has 0 spiro atoms. The summed E-state index contributed by atoms with van der Waals surface area (Å²) < 4.78 is 6.05. The number of piperidine rings is 1. The molecule has 1 aliphatic heterocycles. The summed E-state index contributed by atoms with van der Waals surface area (Å²) in [4.78, 5) is 6.87. The lowest BCUT2D eigenvalue weighted by atomic mass is 10.0. The molecule has 4 nitrogen and oxygen atoms in total. The number of pyridine rings is 1.